The Hall–Kier alpha value is -2.55. The first-order valence-corrected chi connectivity index (χ1v) is 9.54. The summed E-state index contributed by atoms with van der Waals surface area (Å²) in [6, 6.07) is 5.93. The number of amides is 1. The van der Waals surface area contributed by atoms with Crippen molar-refractivity contribution in [3.63, 3.8) is 0 Å². The van der Waals surface area contributed by atoms with Gasteiger partial charge in [0.05, 0.1) is 6.61 Å². The first-order chi connectivity index (χ1) is 12.2. The Bertz CT molecular complexity index is 975. The molecule has 2 N–H and O–H groups in total. The molecule has 1 saturated heterocycles. The van der Waals surface area contributed by atoms with Crippen molar-refractivity contribution in [2.24, 2.45) is 5.92 Å². The third kappa shape index (κ3) is 3.39. The molecule has 2 aromatic carbocycles. The van der Waals surface area contributed by atoms with Gasteiger partial charge in [0.1, 0.15) is 23.7 Å². The van der Waals surface area contributed by atoms with Crippen molar-refractivity contribution in [2.75, 3.05) is 17.5 Å². The molecule has 140 valence electrons. The lowest BCUT2D eigenvalue weighted by Gasteiger charge is -2.18. The van der Waals surface area contributed by atoms with Crippen molar-refractivity contribution in [3.8, 4) is 11.5 Å². The van der Waals surface area contributed by atoms with Crippen LogP contribution in [0, 0.1) is 11.7 Å². The van der Waals surface area contributed by atoms with Gasteiger partial charge in [-0.15, -0.1) is 0 Å². The van der Waals surface area contributed by atoms with Gasteiger partial charge in [0.15, 0.2) is 5.82 Å². The number of carbonyl (C=O) groups excluding carboxylic acids is 1. The van der Waals surface area contributed by atoms with Gasteiger partial charge in [0.2, 0.25) is 0 Å². The third-order valence-electron chi connectivity index (χ3n) is 4.04. The molecule has 0 saturated carbocycles. The fraction of sp³-hybridized carbons (Fsp3) is 0.353. The molecular formula is C17H19FN2O5S. The minimum Gasteiger partial charge on any atom is -0.506 e. The van der Waals surface area contributed by atoms with Gasteiger partial charge >= 0.3 is 10.2 Å². The van der Waals surface area contributed by atoms with Crippen LogP contribution in [0.2, 0.25) is 0 Å². The molecule has 7 nitrogen and oxygen atoms in total. The van der Waals surface area contributed by atoms with Crippen LogP contribution in [-0.2, 0) is 15.0 Å². The number of ether oxygens (including phenoxy) is 1. The molecule has 1 aliphatic heterocycles. The topological polar surface area (TPSA) is 95.9 Å². The molecule has 26 heavy (non-hydrogen) atoms. The van der Waals surface area contributed by atoms with Gasteiger partial charge in [-0.1, -0.05) is 19.9 Å². The second-order valence-corrected chi connectivity index (χ2v) is 8.10. The molecule has 0 spiro atoms. The number of aromatic hydroxyl groups is 1. The molecule has 0 atom stereocenters. The number of hydrogen-bond acceptors (Lipinski definition) is 5. The van der Waals surface area contributed by atoms with Gasteiger partial charge in [0.25, 0.3) is 5.91 Å². The second-order valence-electron chi connectivity index (χ2n) is 6.51. The standard InChI is InChI=1S/C17H19FN2O5S/c1-10(2)5-6-25-12-4-3-11-7-14(21)17(16(18)13(11)8-12)20-9-15(22)19-26(20,23)24/h3-4,7-8,10,21H,5-6,9H2,1-2H3,(H,19,22). The summed E-state index contributed by atoms with van der Waals surface area (Å²) in [6.45, 7) is 3.99. The van der Waals surface area contributed by atoms with Crippen molar-refractivity contribution in [1.29, 1.82) is 0 Å². The van der Waals surface area contributed by atoms with Crippen LogP contribution in [0.15, 0.2) is 24.3 Å². The molecule has 2 aromatic rings. The smallest absolute Gasteiger partial charge is 0.326 e. The highest BCUT2D eigenvalue weighted by atomic mass is 32.2. The van der Waals surface area contributed by atoms with Crippen molar-refractivity contribution in [3.05, 3.63) is 30.1 Å². The summed E-state index contributed by atoms with van der Waals surface area (Å²) < 4.78 is 46.9. The number of carbonyl (C=O) groups is 1. The van der Waals surface area contributed by atoms with E-state index in [1.807, 2.05) is 0 Å². The Morgan fingerprint density at radius 1 is 1.35 bits per heavy atom. The Labute approximate surface area is 150 Å². The first-order valence-electron chi connectivity index (χ1n) is 8.10. The SMILES string of the molecule is CC(C)CCOc1ccc2cc(O)c(N3CC(=O)NS3(=O)=O)c(F)c2c1. The predicted octanol–water partition coefficient (Wildman–Crippen LogP) is 2.29. The number of nitrogens with one attached hydrogen (secondary N) is 1. The van der Waals surface area contributed by atoms with E-state index in [9.17, 15) is 18.3 Å². The molecule has 1 fully saturated rings. The Morgan fingerprint density at radius 2 is 2.08 bits per heavy atom. The Morgan fingerprint density at radius 3 is 2.69 bits per heavy atom. The number of fused-ring (bicyclic) bond motifs is 1. The monoisotopic (exact) mass is 382 g/mol. The zero-order valence-corrected chi connectivity index (χ0v) is 15.1. The van der Waals surface area contributed by atoms with E-state index in [4.69, 9.17) is 4.74 Å². The highest BCUT2D eigenvalue weighted by molar-refractivity contribution is 7.92. The summed E-state index contributed by atoms with van der Waals surface area (Å²) in [5.74, 6) is -1.40. The van der Waals surface area contributed by atoms with Crippen molar-refractivity contribution in [1.82, 2.24) is 4.72 Å². The quantitative estimate of drug-likeness (QED) is 0.827. The van der Waals surface area contributed by atoms with Crippen LogP contribution in [0.1, 0.15) is 20.3 Å². The minimum absolute atomic E-state index is 0.0920. The van der Waals surface area contributed by atoms with Gasteiger partial charge in [-0.25, -0.2) is 13.4 Å². The molecule has 0 aliphatic carbocycles. The number of anilines is 1. The maximum atomic E-state index is 15.0. The minimum atomic E-state index is -4.23. The van der Waals surface area contributed by atoms with Crippen molar-refractivity contribution >= 4 is 32.6 Å². The average molecular weight is 382 g/mol. The van der Waals surface area contributed by atoms with Crippen LogP contribution in [0.3, 0.4) is 0 Å². The van der Waals surface area contributed by atoms with Crippen molar-refractivity contribution in [2.45, 2.75) is 20.3 Å². The van der Waals surface area contributed by atoms with Crippen LogP contribution in [0.5, 0.6) is 11.5 Å². The summed E-state index contributed by atoms with van der Waals surface area (Å²) in [4.78, 5) is 11.4. The molecule has 3 rings (SSSR count). The van der Waals surface area contributed by atoms with Crippen LogP contribution in [0.25, 0.3) is 10.8 Å². The Balaban J connectivity index is 2.04. The molecule has 0 aromatic heterocycles. The molecule has 1 aliphatic rings. The van der Waals surface area contributed by atoms with Crippen molar-refractivity contribution < 1.29 is 27.4 Å². The lowest BCUT2D eigenvalue weighted by molar-refractivity contribution is -0.117. The fourth-order valence-electron chi connectivity index (χ4n) is 2.69. The van der Waals surface area contributed by atoms with E-state index in [2.05, 4.69) is 13.8 Å². The molecule has 0 unspecified atom stereocenters. The summed E-state index contributed by atoms with van der Waals surface area (Å²) in [7, 11) is -4.23. The van der Waals surface area contributed by atoms with Gasteiger partial charge in [-0.3, -0.25) is 4.79 Å². The summed E-state index contributed by atoms with van der Waals surface area (Å²) >= 11 is 0. The van der Waals surface area contributed by atoms with Gasteiger partial charge in [-0.05, 0) is 35.9 Å². The van der Waals surface area contributed by atoms with Gasteiger partial charge < -0.3 is 9.84 Å². The molecule has 1 heterocycles. The normalized spacial score (nSPS) is 16.3. The van der Waals surface area contributed by atoms with E-state index in [1.54, 1.807) is 16.9 Å². The number of rotatable bonds is 5. The lowest BCUT2D eigenvalue weighted by atomic mass is 10.1. The number of benzene rings is 2. The maximum Gasteiger partial charge on any atom is 0.326 e. The zero-order chi connectivity index (χ0) is 19.1. The largest absolute Gasteiger partial charge is 0.506 e. The highest BCUT2D eigenvalue weighted by Gasteiger charge is 2.37. The highest BCUT2D eigenvalue weighted by Crippen LogP contribution is 2.39. The van der Waals surface area contributed by atoms with Crippen LogP contribution in [-0.4, -0.2) is 32.6 Å². The fourth-order valence-corrected chi connectivity index (χ4v) is 3.86. The number of nitrogens with zero attached hydrogens (tertiary/aromatic N) is 1. The van der Waals surface area contributed by atoms with Crippen LogP contribution >= 0.6 is 0 Å². The van der Waals surface area contributed by atoms with E-state index >= 15 is 4.39 Å². The third-order valence-corrected chi connectivity index (χ3v) is 5.42. The average Bonchev–Trinajstić information content (AvgIpc) is 2.80. The number of halogens is 1. The second kappa shape index (κ2) is 6.64. The van der Waals surface area contributed by atoms with E-state index in [1.165, 1.54) is 12.1 Å². The van der Waals surface area contributed by atoms with Gasteiger partial charge in [-0.2, -0.15) is 8.42 Å². The van der Waals surface area contributed by atoms with E-state index < -0.39 is 39.9 Å². The van der Waals surface area contributed by atoms with E-state index in [-0.39, 0.29) is 5.39 Å². The Kier molecular flexibility index (Phi) is 4.66. The first kappa shape index (κ1) is 18.2. The molecule has 9 heteroatoms. The number of phenols is 1. The predicted molar refractivity (Wildman–Crippen MR) is 94.9 cm³/mol. The van der Waals surface area contributed by atoms with Gasteiger partial charge in [0, 0.05) is 5.39 Å². The summed E-state index contributed by atoms with van der Waals surface area (Å²) in [6.07, 6.45) is 0.834. The molecule has 0 bridgehead atoms. The molecule has 1 amide bonds. The maximum absolute atomic E-state index is 15.0. The number of hydrogen-bond donors (Lipinski definition) is 2. The zero-order valence-electron chi connectivity index (χ0n) is 14.3. The molecule has 0 radical (unpaired) electrons. The van der Waals surface area contributed by atoms with Crippen LogP contribution < -0.4 is 13.8 Å². The molecular weight excluding hydrogens is 363 g/mol. The summed E-state index contributed by atoms with van der Waals surface area (Å²) in [5.41, 5.74) is -0.560. The summed E-state index contributed by atoms with van der Waals surface area (Å²) in [5, 5.41) is 10.6. The van der Waals surface area contributed by atoms with E-state index in [0.29, 0.717) is 28.0 Å². The number of phenolic OH excluding ortho intramolecular Hbond substituents is 1. The van der Waals surface area contributed by atoms with Crippen LogP contribution in [0.4, 0.5) is 10.1 Å². The van der Waals surface area contributed by atoms with E-state index in [0.717, 1.165) is 6.42 Å². The lowest BCUT2D eigenvalue weighted by Crippen LogP contribution is -2.30.